The molecule has 2 heterocycles. The van der Waals surface area contributed by atoms with Gasteiger partial charge in [0.2, 0.25) is 5.43 Å². The summed E-state index contributed by atoms with van der Waals surface area (Å²) in [5, 5.41) is 18.1. The van der Waals surface area contributed by atoms with Gasteiger partial charge in [0.1, 0.15) is 5.82 Å². The van der Waals surface area contributed by atoms with Crippen LogP contribution in [0.25, 0.3) is 10.9 Å². The van der Waals surface area contributed by atoms with Gasteiger partial charge in [-0.25, -0.2) is 9.18 Å². The molecule has 2 aromatic rings. The molecule has 1 saturated heterocycles. The Bertz CT molecular complexity index is 1060. The van der Waals surface area contributed by atoms with E-state index < -0.39 is 17.4 Å². The maximum atomic E-state index is 14.9. The number of halogens is 1. The predicted molar refractivity (Wildman–Crippen MR) is 104 cm³/mol. The van der Waals surface area contributed by atoms with E-state index in [0.717, 1.165) is 12.8 Å². The topological polar surface area (TPSA) is 98.8 Å². The Balaban J connectivity index is 1.73. The summed E-state index contributed by atoms with van der Waals surface area (Å²) in [5.41, 5.74) is 0.333. The van der Waals surface area contributed by atoms with Crippen LogP contribution in [0.5, 0.6) is 5.75 Å². The van der Waals surface area contributed by atoms with Crippen LogP contribution in [0.1, 0.15) is 25.8 Å². The van der Waals surface area contributed by atoms with Crippen molar-refractivity contribution < 1.29 is 19.0 Å². The highest BCUT2D eigenvalue weighted by molar-refractivity contribution is 5.85. The van der Waals surface area contributed by atoms with Crippen LogP contribution in [0, 0.1) is 17.1 Å². The van der Waals surface area contributed by atoms with E-state index in [0.29, 0.717) is 37.4 Å². The van der Waals surface area contributed by atoms with Crippen LogP contribution in [-0.2, 0) is 0 Å². The van der Waals surface area contributed by atoms with Crippen molar-refractivity contribution in [2.45, 2.75) is 31.8 Å². The molecule has 9 heteroatoms. The number of nitrogens with zero attached hydrogens (tertiary/aromatic N) is 4. The van der Waals surface area contributed by atoms with Gasteiger partial charge >= 0.3 is 6.16 Å². The Hall–Kier alpha value is -3.12. The molecule has 2 fully saturated rings. The molecule has 8 nitrogen and oxygen atoms in total. The molecule has 29 heavy (non-hydrogen) atoms. The fourth-order valence-electron chi connectivity index (χ4n) is 3.83. The van der Waals surface area contributed by atoms with Crippen molar-refractivity contribution in [3.8, 4) is 11.8 Å². The first-order valence-electron chi connectivity index (χ1n) is 9.57. The first kappa shape index (κ1) is 19.2. The molecule has 2 aliphatic rings. The summed E-state index contributed by atoms with van der Waals surface area (Å²) >= 11 is 0. The molecular formula is C20H21FN4O4. The molecule has 1 aromatic heterocycles. The molecule has 0 bridgehead atoms. The number of pyridine rings is 1. The first-order valence-corrected chi connectivity index (χ1v) is 9.57. The number of nitriles is 1. The summed E-state index contributed by atoms with van der Waals surface area (Å²) in [6.45, 7) is 4.28. The molecule has 1 aliphatic carbocycles. The summed E-state index contributed by atoms with van der Waals surface area (Å²) in [6, 6.07) is 5.01. The number of fused-ring (bicyclic) bond motifs is 1. The zero-order valence-electron chi connectivity index (χ0n) is 16.0. The second-order valence-electron chi connectivity index (χ2n) is 7.48. The zero-order valence-corrected chi connectivity index (χ0v) is 16.0. The fourth-order valence-corrected chi connectivity index (χ4v) is 3.83. The number of carbonyl (C=O) groups is 1. The van der Waals surface area contributed by atoms with Crippen molar-refractivity contribution in [3.63, 3.8) is 0 Å². The zero-order chi connectivity index (χ0) is 20.7. The van der Waals surface area contributed by atoms with Crippen molar-refractivity contribution in [1.29, 1.82) is 5.26 Å². The molecule has 1 aromatic carbocycles. The largest absolute Gasteiger partial charge is 0.511 e. The van der Waals surface area contributed by atoms with Gasteiger partial charge in [-0.3, -0.25) is 9.69 Å². The molecule has 0 amide bonds. The van der Waals surface area contributed by atoms with Crippen molar-refractivity contribution >= 4 is 22.7 Å². The fraction of sp³-hybridized carbons (Fsp3) is 0.450. The summed E-state index contributed by atoms with van der Waals surface area (Å²) in [6.07, 6.45) is 1.64. The smallest absolute Gasteiger partial charge is 0.449 e. The van der Waals surface area contributed by atoms with Gasteiger partial charge in [-0.05, 0) is 31.9 Å². The highest BCUT2D eigenvalue weighted by Crippen LogP contribution is 2.39. The van der Waals surface area contributed by atoms with E-state index in [-0.39, 0.29) is 23.2 Å². The van der Waals surface area contributed by atoms with Gasteiger partial charge in [-0.1, -0.05) is 0 Å². The molecule has 1 N–H and O–H groups in total. The van der Waals surface area contributed by atoms with Gasteiger partial charge in [-0.2, -0.15) is 5.26 Å². The molecule has 1 aliphatic heterocycles. The lowest BCUT2D eigenvalue weighted by Crippen LogP contribution is -2.49. The lowest BCUT2D eigenvalue weighted by molar-refractivity contribution is 0.143. The van der Waals surface area contributed by atoms with Crippen LogP contribution >= 0.6 is 0 Å². The van der Waals surface area contributed by atoms with Crippen LogP contribution < -0.4 is 15.1 Å². The number of aromatic nitrogens is 1. The van der Waals surface area contributed by atoms with Gasteiger partial charge in [0.25, 0.3) is 0 Å². The predicted octanol–water partition coefficient (Wildman–Crippen LogP) is 2.57. The van der Waals surface area contributed by atoms with Gasteiger partial charge < -0.3 is 19.3 Å². The number of ether oxygens (including phenoxy) is 1. The standard InChI is InChI=1S/C20H21FN4O4/c1-12(10-22)23-4-6-24(7-5-23)17-9-16-14(8-15(17)21)19(26)18(29-20(27)28)11-25(16)13-2-3-13/h8-9,11-13H,2-7H2,1H3,(H,27,28). The molecule has 0 spiro atoms. The SMILES string of the molecule is CC(C#N)N1CCN(c2cc3c(cc2F)c(=O)c(OC(=O)O)cn3C2CC2)CC1. The quantitative estimate of drug-likeness (QED) is 0.788. The summed E-state index contributed by atoms with van der Waals surface area (Å²) in [5.74, 6) is -0.852. The second kappa shape index (κ2) is 7.37. The number of benzene rings is 1. The summed E-state index contributed by atoms with van der Waals surface area (Å²) in [7, 11) is 0. The van der Waals surface area contributed by atoms with Crippen LogP contribution in [-0.4, -0.2) is 52.9 Å². The lowest BCUT2D eigenvalue weighted by atomic mass is 10.1. The minimum Gasteiger partial charge on any atom is -0.449 e. The Morgan fingerprint density at radius 3 is 2.59 bits per heavy atom. The number of carboxylic acid groups (broad SMARTS) is 1. The normalized spacial score (nSPS) is 18.4. The number of piperazine rings is 1. The Labute approximate surface area is 166 Å². The Morgan fingerprint density at radius 1 is 1.31 bits per heavy atom. The molecule has 1 unspecified atom stereocenters. The van der Waals surface area contributed by atoms with Gasteiger partial charge in [-0.15, -0.1) is 0 Å². The minimum atomic E-state index is -1.58. The maximum absolute atomic E-state index is 14.9. The summed E-state index contributed by atoms with van der Waals surface area (Å²) in [4.78, 5) is 27.5. The number of rotatable bonds is 4. The Kier molecular flexibility index (Phi) is 4.88. The van der Waals surface area contributed by atoms with E-state index >= 15 is 0 Å². The van der Waals surface area contributed by atoms with Crippen molar-refractivity contribution in [2.24, 2.45) is 0 Å². The first-order chi connectivity index (χ1) is 13.9. The van der Waals surface area contributed by atoms with E-state index in [1.54, 1.807) is 6.07 Å². The summed E-state index contributed by atoms with van der Waals surface area (Å²) < 4.78 is 21.4. The molecule has 152 valence electrons. The molecular weight excluding hydrogens is 379 g/mol. The Morgan fingerprint density at radius 2 is 2.00 bits per heavy atom. The van der Waals surface area contributed by atoms with Crippen molar-refractivity contribution in [1.82, 2.24) is 9.47 Å². The molecule has 4 rings (SSSR count). The average molecular weight is 400 g/mol. The van der Waals surface area contributed by atoms with E-state index in [1.807, 2.05) is 21.3 Å². The van der Waals surface area contributed by atoms with Crippen LogP contribution in [0.2, 0.25) is 0 Å². The van der Waals surface area contributed by atoms with Gasteiger partial charge in [0.15, 0.2) is 5.75 Å². The number of hydrogen-bond donors (Lipinski definition) is 1. The number of hydrogen-bond acceptors (Lipinski definition) is 6. The number of anilines is 1. The van der Waals surface area contributed by atoms with Crippen LogP contribution in [0.4, 0.5) is 14.9 Å². The monoisotopic (exact) mass is 400 g/mol. The average Bonchev–Trinajstić information content (AvgIpc) is 3.54. The third-order valence-corrected chi connectivity index (χ3v) is 5.60. The van der Waals surface area contributed by atoms with Crippen molar-refractivity contribution in [2.75, 3.05) is 31.1 Å². The third kappa shape index (κ3) is 3.63. The third-order valence-electron chi connectivity index (χ3n) is 5.60. The molecule has 1 atom stereocenters. The van der Waals surface area contributed by atoms with Crippen LogP contribution in [0.3, 0.4) is 0 Å². The highest BCUT2D eigenvalue weighted by atomic mass is 19.1. The van der Waals surface area contributed by atoms with E-state index in [9.17, 15) is 14.0 Å². The highest BCUT2D eigenvalue weighted by Gasteiger charge is 2.28. The maximum Gasteiger partial charge on any atom is 0.511 e. The lowest BCUT2D eigenvalue weighted by Gasteiger charge is -2.37. The van der Waals surface area contributed by atoms with E-state index in [4.69, 9.17) is 10.4 Å². The van der Waals surface area contributed by atoms with E-state index in [1.165, 1.54) is 12.3 Å². The van der Waals surface area contributed by atoms with Gasteiger partial charge in [0.05, 0.1) is 34.9 Å². The molecule has 0 radical (unpaired) electrons. The second-order valence-corrected chi connectivity index (χ2v) is 7.48. The minimum absolute atomic E-state index is 0.105. The van der Waals surface area contributed by atoms with Gasteiger partial charge in [0, 0.05) is 32.2 Å². The van der Waals surface area contributed by atoms with Crippen molar-refractivity contribution in [3.05, 3.63) is 34.4 Å². The molecule has 1 saturated carbocycles. The van der Waals surface area contributed by atoms with E-state index in [2.05, 4.69) is 10.8 Å². The van der Waals surface area contributed by atoms with Crippen LogP contribution in [0.15, 0.2) is 23.1 Å².